The average Bonchev–Trinajstić information content (AvgIpc) is 2.79. The fourth-order valence-electron chi connectivity index (χ4n) is 3.64. The van der Waals surface area contributed by atoms with Gasteiger partial charge in [-0.05, 0) is 49.4 Å². The number of hydrogen-bond acceptors (Lipinski definition) is 4. The van der Waals surface area contributed by atoms with Gasteiger partial charge in [0.05, 0.1) is 11.9 Å². The highest BCUT2D eigenvalue weighted by molar-refractivity contribution is 7.92. The third kappa shape index (κ3) is 8.35. The van der Waals surface area contributed by atoms with Crippen molar-refractivity contribution in [2.45, 2.75) is 53.1 Å². The maximum absolute atomic E-state index is 14.3. The molecule has 7 nitrogen and oxygen atoms in total. The van der Waals surface area contributed by atoms with Crippen LogP contribution in [0, 0.1) is 18.7 Å². The van der Waals surface area contributed by atoms with E-state index in [1.807, 2.05) is 45.0 Å². The van der Waals surface area contributed by atoms with Crippen molar-refractivity contribution in [3.05, 3.63) is 65.5 Å². The van der Waals surface area contributed by atoms with E-state index in [-0.39, 0.29) is 49.4 Å². The van der Waals surface area contributed by atoms with E-state index in [0.717, 1.165) is 21.7 Å². The molecule has 0 fully saturated rings. The van der Waals surface area contributed by atoms with E-state index in [9.17, 15) is 22.4 Å². The monoisotopic (exact) mass is 505 g/mol. The molecule has 0 aliphatic heterocycles. The molecule has 1 atom stereocenters. The van der Waals surface area contributed by atoms with Gasteiger partial charge in [0, 0.05) is 26.1 Å². The molecule has 2 amide bonds. The first kappa shape index (κ1) is 28.3. The molecule has 192 valence electrons. The van der Waals surface area contributed by atoms with E-state index in [0.29, 0.717) is 6.54 Å². The minimum absolute atomic E-state index is 0.00809. The van der Waals surface area contributed by atoms with E-state index in [2.05, 4.69) is 5.32 Å². The minimum Gasteiger partial charge on any atom is -0.354 e. The van der Waals surface area contributed by atoms with Crippen LogP contribution in [0.1, 0.15) is 44.7 Å². The number of hydrogen-bond donors (Lipinski definition) is 1. The highest BCUT2D eigenvalue weighted by Crippen LogP contribution is 2.22. The molecule has 0 aliphatic carbocycles. The van der Waals surface area contributed by atoms with Gasteiger partial charge in [-0.1, -0.05) is 50.2 Å². The molecule has 0 bridgehead atoms. The molecule has 35 heavy (non-hydrogen) atoms. The molecule has 1 unspecified atom stereocenters. The predicted octanol–water partition coefficient (Wildman–Crippen LogP) is 3.87. The fourth-order valence-corrected chi connectivity index (χ4v) is 4.61. The third-order valence-corrected chi connectivity index (χ3v) is 6.91. The Morgan fingerprint density at radius 2 is 1.66 bits per heavy atom. The lowest BCUT2D eigenvalue weighted by Crippen LogP contribution is -2.48. The Morgan fingerprint density at radius 3 is 2.26 bits per heavy atom. The van der Waals surface area contributed by atoms with Gasteiger partial charge in [-0.3, -0.25) is 13.9 Å². The number of benzene rings is 2. The van der Waals surface area contributed by atoms with Gasteiger partial charge >= 0.3 is 0 Å². The van der Waals surface area contributed by atoms with Crippen molar-refractivity contribution < 1.29 is 22.4 Å². The summed E-state index contributed by atoms with van der Waals surface area (Å²) in [7, 11) is -3.75. The molecule has 0 heterocycles. The van der Waals surface area contributed by atoms with Crippen LogP contribution in [0.4, 0.5) is 10.1 Å². The summed E-state index contributed by atoms with van der Waals surface area (Å²) >= 11 is 0. The third-order valence-electron chi connectivity index (χ3n) is 5.73. The van der Waals surface area contributed by atoms with Crippen molar-refractivity contribution in [2.75, 3.05) is 23.7 Å². The Bertz CT molecular complexity index is 1120. The second kappa shape index (κ2) is 12.7. The van der Waals surface area contributed by atoms with Crippen LogP contribution >= 0.6 is 0 Å². The summed E-state index contributed by atoms with van der Waals surface area (Å²) < 4.78 is 39.9. The van der Waals surface area contributed by atoms with E-state index in [1.54, 1.807) is 13.0 Å². The molecular formula is C26H36FN3O4S. The number of amides is 2. The molecule has 1 N–H and O–H groups in total. The largest absolute Gasteiger partial charge is 0.354 e. The lowest BCUT2D eigenvalue weighted by molar-refractivity contribution is -0.140. The molecule has 2 aromatic carbocycles. The number of sulfonamides is 1. The van der Waals surface area contributed by atoms with Gasteiger partial charge < -0.3 is 10.2 Å². The Morgan fingerprint density at radius 1 is 1.03 bits per heavy atom. The number of rotatable bonds is 12. The zero-order valence-corrected chi connectivity index (χ0v) is 21.9. The smallest absolute Gasteiger partial charge is 0.242 e. The average molecular weight is 506 g/mol. The summed E-state index contributed by atoms with van der Waals surface area (Å²) in [5.41, 5.74) is 1.87. The summed E-state index contributed by atoms with van der Waals surface area (Å²) in [6.45, 7) is 8.31. The quantitative estimate of drug-likeness (QED) is 0.475. The van der Waals surface area contributed by atoms with E-state index < -0.39 is 21.9 Å². The summed E-state index contributed by atoms with van der Waals surface area (Å²) in [4.78, 5) is 27.6. The fraction of sp³-hybridized carbons (Fsp3) is 0.462. The second-order valence-corrected chi connectivity index (χ2v) is 11.1. The molecule has 2 aromatic rings. The van der Waals surface area contributed by atoms with Crippen LogP contribution in [-0.2, 0) is 26.2 Å². The van der Waals surface area contributed by atoms with Gasteiger partial charge in [-0.25, -0.2) is 12.8 Å². The van der Waals surface area contributed by atoms with Crippen LogP contribution in [0.5, 0.6) is 0 Å². The zero-order chi connectivity index (χ0) is 26.2. The molecule has 0 saturated heterocycles. The lowest BCUT2D eigenvalue weighted by atomic mass is 10.1. The van der Waals surface area contributed by atoms with Crippen LogP contribution in [0.2, 0.25) is 0 Å². The Kier molecular flexibility index (Phi) is 10.2. The van der Waals surface area contributed by atoms with Crippen LogP contribution in [0.25, 0.3) is 0 Å². The van der Waals surface area contributed by atoms with Crippen molar-refractivity contribution in [2.24, 2.45) is 5.92 Å². The van der Waals surface area contributed by atoms with Crippen molar-refractivity contribution in [3.8, 4) is 0 Å². The van der Waals surface area contributed by atoms with Gasteiger partial charge in [0.25, 0.3) is 0 Å². The first-order chi connectivity index (χ1) is 16.4. The Labute approximate surface area is 208 Å². The predicted molar refractivity (Wildman–Crippen MR) is 137 cm³/mol. The van der Waals surface area contributed by atoms with Crippen LogP contribution in [0.3, 0.4) is 0 Å². The van der Waals surface area contributed by atoms with Crippen LogP contribution < -0.4 is 9.62 Å². The summed E-state index contributed by atoms with van der Waals surface area (Å²) in [5, 5.41) is 2.88. The van der Waals surface area contributed by atoms with E-state index >= 15 is 0 Å². The number of nitrogens with zero attached hydrogens (tertiary/aromatic N) is 2. The normalized spacial score (nSPS) is 12.3. The van der Waals surface area contributed by atoms with Gasteiger partial charge in [0.15, 0.2) is 0 Å². The summed E-state index contributed by atoms with van der Waals surface area (Å²) in [5.74, 6) is -0.903. The first-order valence-corrected chi connectivity index (χ1v) is 13.6. The van der Waals surface area contributed by atoms with Gasteiger partial charge in [-0.15, -0.1) is 0 Å². The molecule has 0 saturated carbocycles. The number of halogens is 1. The van der Waals surface area contributed by atoms with Gasteiger partial charge in [-0.2, -0.15) is 0 Å². The Hall–Kier alpha value is -2.94. The maximum Gasteiger partial charge on any atom is 0.242 e. The number of carbonyl (C=O) groups excluding carboxylic acids is 2. The molecule has 0 spiro atoms. The number of para-hydroxylation sites is 1. The molecule has 9 heteroatoms. The van der Waals surface area contributed by atoms with E-state index in [4.69, 9.17) is 0 Å². The standard InChI is InChI=1S/C26H36FN3O4S/c1-19(2)17-28-26(32)21(4)29(18-22-12-7-6-11-20(22)3)25(31)15-10-16-30(35(5,33)34)24-14-9-8-13-23(24)27/h6-9,11-14,19,21H,10,15-18H2,1-5H3,(H,28,32). The van der Waals surface area contributed by atoms with Crippen LogP contribution in [-0.4, -0.2) is 50.5 Å². The van der Waals surface area contributed by atoms with Crippen molar-refractivity contribution in [1.82, 2.24) is 10.2 Å². The number of nitrogens with one attached hydrogen (secondary N) is 1. The zero-order valence-electron chi connectivity index (χ0n) is 21.1. The van der Waals surface area contributed by atoms with Gasteiger partial charge in [0.2, 0.25) is 21.8 Å². The molecule has 0 radical (unpaired) electrons. The number of carbonyl (C=O) groups is 2. The summed E-state index contributed by atoms with van der Waals surface area (Å²) in [6, 6.07) is 12.6. The SMILES string of the molecule is Cc1ccccc1CN(C(=O)CCCN(c1ccccc1F)S(C)(=O)=O)C(C)C(=O)NCC(C)C. The maximum atomic E-state index is 14.3. The minimum atomic E-state index is -3.75. The van der Waals surface area contributed by atoms with Gasteiger partial charge in [0.1, 0.15) is 11.9 Å². The molecular weight excluding hydrogens is 469 g/mol. The highest BCUT2D eigenvalue weighted by atomic mass is 32.2. The Balaban J connectivity index is 2.18. The number of aryl methyl sites for hydroxylation is 1. The lowest BCUT2D eigenvalue weighted by Gasteiger charge is -2.30. The van der Waals surface area contributed by atoms with Crippen molar-refractivity contribution in [3.63, 3.8) is 0 Å². The highest BCUT2D eigenvalue weighted by Gasteiger charge is 2.27. The second-order valence-electron chi connectivity index (χ2n) is 9.15. The first-order valence-electron chi connectivity index (χ1n) is 11.8. The van der Waals surface area contributed by atoms with Crippen molar-refractivity contribution >= 4 is 27.5 Å². The molecule has 0 aliphatic rings. The molecule has 0 aromatic heterocycles. The van der Waals surface area contributed by atoms with Crippen molar-refractivity contribution in [1.29, 1.82) is 0 Å². The molecule has 2 rings (SSSR count). The topological polar surface area (TPSA) is 86.8 Å². The summed E-state index contributed by atoms with van der Waals surface area (Å²) in [6.07, 6.45) is 1.19. The van der Waals surface area contributed by atoms with Crippen LogP contribution in [0.15, 0.2) is 48.5 Å². The number of anilines is 1. The van der Waals surface area contributed by atoms with E-state index in [1.165, 1.54) is 23.1 Å².